The first-order chi connectivity index (χ1) is 12.8. The molecule has 1 aliphatic rings. The fourth-order valence-corrected chi connectivity index (χ4v) is 2.91. The third kappa shape index (κ3) is 4.18. The average molecular weight is 379 g/mol. The number of nitrogens with one attached hydrogen (secondary N) is 1. The van der Waals surface area contributed by atoms with Gasteiger partial charge < -0.3 is 14.8 Å². The number of carbonyl (C=O) groups is 2. The number of carbonyl (C=O) groups excluding carboxylic acids is 2. The molecule has 0 saturated carbocycles. The van der Waals surface area contributed by atoms with Crippen LogP contribution in [0, 0.1) is 0 Å². The number of anilines is 2. The molecule has 0 atom stereocenters. The summed E-state index contributed by atoms with van der Waals surface area (Å²) >= 11 is 0. The summed E-state index contributed by atoms with van der Waals surface area (Å²) in [5.74, 6) is -0.657. The molecule has 1 aliphatic heterocycles. The Balaban J connectivity index is 1.74. The normalized spacial score (nSPS) is 14.5. The third-order valence-electron chi connectivity index (χ3n) is 4.15. The minimum Gasteiger partial charge on any atom is -0.324 e. The van der Waals surface area contributed by atoms with Crippen LogP contribution in [-0.4, -0.2) is 22.9 Å². The molecule has 0 unspecified atom stereocenters. The Bertz CT molecular complexity index is 937. The van der Waals surface area contributed by atoms with Gasteiger partial charge in [0.2, 0.25) is 11.8 Å². The molecule has 1 fully saturated rings. The number of pyridine rings is 1. The Morgan fingerprint density at radius 1 is 1.15 bits per heavy atom. The molecule has 2 amide bonds. The number of rotatable bonds is 4. The summed E-state index contributed by atoms with van der Waals surface area (Å²) in [7, 11) is 0. The molecule has 1 N–H and O–H groups in total. The molecule has 27 heavy (non-hydrogen) atoms. The zero-order valence-electron chi connectivity index (χ0n) is 14.1. The number of alkyl halides is 3. The topological polar surface area (TPSA) is 71.4 Å². The van der Waals surface area contributed by atoms with Crippen molar-refractivity contribution in [1.29, 1.82) is 0 Å². The number of hydrogen-bond acceptors (Lipinski definition) is 3. The van der Waals surface area contributed by atoms with Crippen LogP contribution in [-0.2, 0) is 22.3 Å². The van der Waals surface area contributed by atoms with E-state index in [1.165, 1.54) is 0 Å². The van der Waals surface area contributed by atoms with E-state index in [2.05, 4.69) is 5.32 Å². The van der Waals surface area contributed by atoms with Gasteiger partial charge in [0.1, 0.15) is 12.1 Å². The van der Waals surface area contributed by atoms with E-state index in [9.17, 15) is 27.6 Å². The van der Waals surface area contributed by atoms with Gasteiger partial charge in [-0.05, 0) is 36.8 Å². The van der Waals surface area contributed by atoms with E-state index in [4.69, 9.17) is 0 Å². The van der Waals surface area contributed by atoms with Gasteiger partial charge in [0, 0.05) is 30.5 Å². The molecule has 142 valence electrons. The van der Waals surface area contributed by atoms with E-state index >= 15 is 0 Å². The summed E-state index contributed by atoms with van der Waals surface area (Å²) in [4.78, 5) is 37.5. The monoisotopic (exact) mass is 379 g/mol. The molecule has 2 heterocycles. The van der Waals surface area contributed by atoms with Gasteiger partial charge >= 0.3 is 6.18 Å². The number of halogens is 3. The van der Waals surface area contributed by atoms with Crippen LogP contribution in [0.2, 0.25) is 0 Å². The minimum atomic E-state index is -4.78. The Hall–Kier alpha value is -3.10. The molecule has 0 aliphatic carbocycles. The van der Waals surface area contributed by atoms with Crippen molar-refractivity contribution in [1.82, 2.24) is 4.57 Å². The molecular weight excluding hydrogens is 363 g/mol. The highest BCUT2D eigenvalue weighted by Crippen LogP contribution is 2.26. The van der Waals surface area contributed by atoms with Gasteiger partial charge in [0.05, 0.1) is 0 Å². The first-order valence-corrected chi connectivity index (χ1v) is 8.22. The van der Waals surface area contributed by atoms with Crippen LogP contribution in [0.3, 0.4) is 0 Å². The Labute approximate surface area is 152 Å². The summed E-state index contributed by atoms with van der Waals surface area (Å²) in [6.07, 6.45) is -2.44. The molecule has 1 aromatic carbocycles. The van der Waals surface area contributed by atoms with E-state index in [0.717, 1.165) is 18.7 Å². The van der Waals surface area contributed by atoms with Crippen molar-refractivity contribution < 1.29 is 22.8 Å². The predicted octanol–water partition coefficient (Wildman–Crippen LogP) is 2.63. The minimum absolute atomic E-state index is 0.00556. The van der Waals surface area contributed by atoms with Crippen LogP contribution < -0.4 is 15.8 Å². The highest BCUT2D eigenvalue weighted by atomic mass is 19.4. The molecule has 1 aromatic heterocycles. The van der Waals surface area contributed by atoms with Crippen molar-refractivity contribution >= 4 is 23.2 Å². The lowest BCUT2D eigenvalue weighted by Gasteiger charge is -2.17. The lowest BCUT2D eigenvalue weighted by Crippen LogP contribution is -2.32. The summed E-state index contributed by atoms with van der Waals surface area (Å²) in [6, 6.07) is 8.33. The fraction of sp³-hybridized carbons (Fsp3) is 0.278. The summed E-state index contributed by atoms with van der Waals surface area (Å²) < 4.78 is 39.1. The van der Waals surface area contributed by atoms with Gasteiger partial charge in [0.25, 0.3) is 5.56 Å². The van der Waals surface area contributed by atoms with Gasteiger partial charge in [0.15, 0.2) is 0 Å². The van der Waals surface area contributed by atoms with Crippen LogP contribution in [0.1, 0.15) is 18.4 Å². The van der Waals surface area contributed by atoms with Crippen molar-refractivity contribution in [3.63, 3.8) is 0 Å². The van der Waals surface area contributed by atoms with Crippen molar-refractivity contribution in [2.75, 3.05) is 16.8 Å². The standard InChI is InChI=1S/C18H16F3N3O3/c19-18(20,21)14-6-2-8-23(17(14)27)11-15(25)22-12-4-1-5-13(10-12)24-9-3-7-16(24)26/h1-2,4-6,8,10H,3,7,9,11H2,(H,22,25). The molecule has 9 heteroatoms. The number of nitrogens with zero attached hydrogens (tertiary/aromatic N) is 2. The Morgan fingerprint density at radius 3 is 2.59 bits per heavy atom. The highest BCUT2D eigenvalue weighted by Gasteiger charge is 2.34. The second-order valence-electron chi connectivity index (χ2n) is 6.10. The van der Waals surface area contributed by atoms with E-state index in [1.54, 1.807) is 29.2 Å². The zero-order chi connectivity index (χ0) is 19.6. The Morgan fingerprint density at radius 2 is 1.93 bits per heavy atom. The highest BCUT2D eigenvalue weighted by molar-refractivity contribution is 5.97. The smallest absolute Gasteiger partial charge is 0.324 e. The second kappa shape index (κ2) is 7.26. The summed E-state index contributed by atoms with van der Waals surface area (Å²) in [5.41, 5.74) is -1.59. The first kappa shape index (κ1) is 18.7. The van der Waals surface area contributed by atoms with E-state index in [0.29, 0.717) is 35.0 Å². The molecule has 1 saturated heterocycles. The number of hydrogen-bond donors (Lipinski definition) is 1. The average Bonchev–Trinajstić information content (AvgIpc) is 3.02. The molecule has 0 bridgehead atoms. The maximum Gasteiger partial charge on any atom is 0.421 e. The van der Waals surface area contributed by atoms with E-state index in [-0.39, 0.29) is 5.91 Å². The van der Waals surface area contributed by atoms with E-state index < -0.39 is 29.8 Å². The van der Waals surface area contributed by atoms with Crippen LogP contribution in [0.4, 0.5) is 24.5 Å². The predicted molar refractivity (Wildman–Crippen MR) is 92.4 cm³/mol. The molecular formula is C18H16F3N3O3. The molecule has 0 radical (unpaired) electrons. The van der Waals surface area contributed by atoms with Crippen molar-refractivity contribution in [3.05, 3.63) is 58.5 Å². The maximum atomic E-state index is 12.8. The number of benzene rings is 1. The third-order valence-corrected chi connectivity index (χ3v) is 4.15. The van der Waals surface area contributed by atoms with Crippen molar-refractivity contribution in [3.8, 4) is 0 Å². The molecule has 0 spiro atoms. The fourth-order valence-electron chi connectivity index (χ4n) is 2.91. The van der Waals surface area contributed by atoms with Crippen molar-refractivity contribution in [2.45, 2.75) is 25.6 Å². The van der Waals surface area contributed by atoms with Crippen LogP contribution in [0.5, 0.6) is 0 Å². The van der Waals surface area contributed by atoms with Crippen LogP contribution in [0.25, 0.3) is 0 Å². The number of amides is 2. The molecule has 3 rings (SSSR count). The zero-order valence-corrected chi connectivity index (χ0v) is 14.1. The number of aromatic nitrogens is 1. The lowest BCUT2D eigenvalue weighted by molar-refractivity contribution is -0.139. The van der Waals surface area contributed by atoms with Gasteiger partial charge in [-0.3, -0.25) is 14.4 Å². The van der Waals surface area contributed by atoms with Gasteiger partial charge in [-0.2, -0.15) is 13.2 Å². The van der Waals surface area contributed by atoms with Gasteiger partial charge in [-0.25, -0.2) is 0 Å². The van der Waals surface area contributed by atoms with E-state index in [1.807, 2.05) is 0 Å². The van der Waals surface area contributed by atoms with Crippen LogP contribution >= 0.6 is 0 Å². The largest absolute Gasteiger partial charge is 0.421 e. The Kier molecular flexibility index (Phi) is 5.02. The lowest BCUT2D eigenvalue weighted by atomic mass is 10.2. The summed E-state index contributed by atoms with van der Waals surface area (Å²) in [6.45, 7) is 0.0332. The van der Waals surface area contributed by atoms with Gasteiger partial charge in [-0.15, -0.1) is 0 Å². The van der Waals surface area contributed by atoms with Crippen LogP contribution in [0.15, 0.2) is 47.4 Å². The molecule has 6 nitrogen and oxygen atoms in total. The quantitative estimate of drug-likeness (QED) is 0.888. The SMILES string of the molecule is O=C(Cn1cccc(C(F)(F)F)c1=O)Nc1cccc(N2CCCC2=O)c1. The summed E-state index contributed by atoms with van der Waals surface area (Å²) in [5, 5.41) is 2.54. The second-order valence-corrected chi connectivity index (χ2v) is 6.10. The first-order valence-electron chi connectivity index (χ1n) is 8.22. The van der Waals surface area contributed by atoms with Crippen molar-refractivity contribution in [2.24, 2.45) is 0 Å². The van der Waals surface area contributed by atoms with Gasteiger partial charge in [-0.1, -0.05) is 6.07 Å². The maximum absolute atomic E-state index is 12.8. The molecule has 2 aromatic rings.